The summed E-state index contributed by atoms with van der Waals surface area (Å²) < 4.78 is 5.17. The summed E-state index contributed by atoms with van der Waals surface area (Å²) in [6, 6.07) is 5.76. The molecular formula is C14H15ClNO2Y-. The number of allylic oxidation sites excluding steroid dienone is 1. The van der Waals surface area contributed by atoms with Gasteiger partial charge in [0.1, 0.15) is 11.1 Å². The van der Waals surface area contributed by atoms with Crippen molar-refractivity contribution < 1.29 is 42.2 Å². The summed E-state index contributed by atoms with van der Waals surface area (Å²) >= 11 is 5.92. The van der Waals surface area contributed by atoms with Crippen LogP contribution in [0.2, 0.25) is 0 Å². The Balaban J connectivity index is 0.00000180. The van der Waals surface area contributed by atoms with E-state index in [9.17, 15) is 4.79 Å². The fourth-order valence-electron chi connectivity index (χ4n) is 2.02. The number of carbonyl (C=O) groups is 1. The molecule has 1 amide bonds. The van der Waals surface area contributed by atoms with Crippen molar-refractivity contribution in [2.24, 2.45) is 0 Å². The molecule has 1 aliphatic rings. The zero-order valence-electron chi connectivity index (χ0n) is 11.2. The van der Waals surface area contributed by atoms with Crippen LogP contribution >= 0.6 is 11.6 Å². The summed E-state index contributed by atoms with van der Waals surface area (Å²) in [4.78, 5) is 13.4. The van der Waals surface area contributed by atoms with Crippen LogP contribution in [0.3, 0.4) is 0 Å². The molecular weight excluding hydrogens is 339 g/mol. The molecule has 0 saturated carbocycles. The molecule has 1 aliphatic heterocycles. The standard InChI is InChI=1S/C14H15ClNO2.Y/c1-9-8-10(18-3)4-5-11(9)13-7-6-12(15)14(17)16(13)2;/h4-5,8,12H,6H2,1-3H3;/q-1;. The van der Waals surface area contributed by atoms with Gasteiger partial charge in [-0.25, -0.2) is 6.08 Å². The maximum Gasteiger partial charge on any atom is 0.240 e. The SMILES string of the molecule is COc1ccc(C2=[C-]CC(Cl)C(=O)N2C)c(C)c1.[Y]. The first-order valence-corrected chi connectivity index (χ1v) is 6.15. The predicted octanol–water partition coefficient (Wildman–Crippen LogP) is 2.61. The summed E-state index contributed by atoms with van der Waals surface area (Å²) in [5, 5.41) is -0.502. The summed E-state index contributed by atoms with van der Waals surface area (Å²) in [6.07, 6.45) is 3.64. The van der Waals surface area contributed by atoms with E-state index in [-0.39, 0.29) is 38.6 Å². The third-order valence-electron chi connectivity index (χ3n) is 3.07. The average molecular weight is 354 g/mol. The van der Waals surface area contributed by atoms with Crippen LogP contribution in [0.4, 0.5) is 0 Å². The van der Waals surface area contributed by atoms with Gasteiger partial charge in [0, 0.05) is 39.8 Å². The van der Waals surface area contributed by atoms with E-state index in [1.54, 1.807) is 19.1 Å². The number of amides is 1. The minimum absolute atomic E-state index is 0. The Bertz CT molecular complexity index is 516. The second-order valence-corrected chi connectivity index (χ2v) is 4.80. The van der Waals surface area contributed by atoms with Gasteiger partial charge in [0.15, 0.2) is 0 Å². The van der Waals surface area contributed by atoms with Gasteiger partial charge in [0.25, 0.3) is 0 Å². The van der Waals surface area contributed by atoms with E-state index >= 15 is 0 Å². The first-order chi connectivity index (χ1) is 8.54. The molecule has 0 bridgehead atoms. The normalized spacial score (nSPS) is 18.7. The van der Waals surface area contributed by atoms with Gasteiger partial charge < -0.3 is 9.64 Å². The summed E-state index contributed by atoms with van der Waals surface area (Å²) in [5.41, 5.74) is 2.82. The topological polar surface area (TPSA) is 29.5 Å². The van der Waals surface area contributed by atoms with E-state index in [4.69, 9.17) is 16.3 Å². The smallest absolute Gasteiger partial charge is 0.240 e. The quantitative estimate of drug-likeness (QED) is 0.604. The van der Waals surface area contributed by atoms with Crippen LogP contribution < -0.4 is 4.74 Å². The average Bonchev–Trinajstić information content (AvgIpc) is 2.37. The number of aryl methyl sites for hydroxylation is 1. The molecule has 1 unspecified atom stereocenters. The van der Waals surface area contributed by atoms with Gasteiger partial charge >= 0.3 is 0 Å². The van der Waals surface area contributed by atoms with E-state index in [1.807, 2.05) is 25.1 Å². The minimum Gasteiger partial charge on any atom is -0.497 e. The number of carbonyl (C=O) groups excluding carboxylic acids is 1. The molecule has 1 aromatic rings. The summed E-state index contributed by atoms with van der Waals surface area (Å²) in [5.74, 6) is 0.720. The van der Waals surface area contributed by atoms with Crippen LogP contribution in [0.1, 0.15) is 17.5 Å². The zero-order chi connectivity index (χ0) is 13.3. The number of benzene rings is 1. The van der Waals surface area contributed by atoms with Gasteiger partial charge in [-0.2, -0.15) is 0 Å². The fourth-order valence-corrected chi connectivity index (χ4v) is 2.24. The number of ether oxygens (including phenoxy) is 1. The van der Waals surface area contributed by atoms with E-state index in [2.05, 4.69) is 6.08 Å². The Labute approximate surface area is 143 Å². The number of methoxy groups -OCH3 is 1. The zero-order valence-corrected chi connectivity index (χ0v) is 14.8. The molecule has 5 heteroatoms. The van der Waals surface area contributed by atoms with Crippen LogP contribution in [0, 0.1) is 13.0 Å². The van der Waals surface area contributed by atoms with Crippen molar-refractivity contribution in [1.82, 2.24) is 4.90 Å². The van der Waals surface area contributed by atoms with Crippen molar-refractivity contribution in [3.8, 4) is 5.75 Å². The molecule has 0 saturated heterocycles. The van der Waals surface area contributed by atoms with Gasteiger partial charge in [-0.1, -0.05) is 13.3 Å². The second kappa shape index (κ2) is 6.87. The van der Waals surface area contributed by atoms with Crippen molar-refractivity contribution in [2.45, 2.75) is 18.7 Å². The predicted molar refractivity (Wildman–Crippen MR) is 71.4 cm³/mol. The van der Waals surface area contributed by atoms with Gasteiger partial charge in [-0.15, -0.1) is 34.5 Å². The number of rotatable bonds is 2. The maximum absolute atomic E-state index is 11.9. The van der Waals surface area contributed by atoms with Crippen molar-refractivity contribution in [3.05, 3.63) is 35.4 Å². The van der Waals surface area contributed by atoms with Gasteiger partial charge in [-0.3, -0.25) is 4.79 Å². The van der Waals surface area contributed by atoms with E-state index in [1.165, 1.54) is 0 Å². The molecule has 1 heterocycles. The molecule has 0 fully saturated rings. The monoisotopic (exact) mass is 353 g/mol. The van der Waals surface area contributed by atoms with Crippen LogP contribution in [0.25, 0.3) is 5.70 Å². The van der Waals surface area contributed by atoms with Gasteiger partial charge in [-0.05, 0) is 12.1 Å². The third-order valence-corrected chi connectivity index (χ3v) is 3.41. The maximum atomic E-state index is 11.9. The Hall–Kier alpha value is -0.376. The summed E-state index contributed by atoms with van der Waals surface area (Å²) in [6.45, 7) is 1.98. The largest absolute Gasteiger partial charge is 0.497 e. The van der Waals surface area contributed by atoms with Gasteiger partial charge in [0.05, 0.1) is 7.11 Å². The number of alkyl halides is 1. The summed E-state index contributed by atoms with van der Waals surface area (Å²) in [7, 11) is 3.36. The van der Waals surface area contributed by atoms with Crippen LogP contribution in [0.15, 0.2) is 18.2 Å². The molecule has 99 valence electrons. The number of nitrogens with zero attached hydrogens (tertiary/aromatic N) is 1. The molecule has 1 radical (unpaired) electrons. The molecule has 1 aromatic carbocycles. The Morgan fingerprint density at radius 2 is 2.16 bits per heavy atom. The first kappa shape index (κ1) is 16.7. The molecule has 0 aliphatic carbocycles. The first-order valence-electron chi connectivity index (χ1n) is 5.72. The minimum atomic E-state index is -0.502. The van der Waals surface area contributed by atoms with Crippen molar-refractivity contribution >= 4 is 23.2 Å². The van der Waals surface area contributed by atoms with Crippen LogP contribution in [-0.2, 0) is 37.5 Å². The second-order valence-electron chi connectivity index (χ2n) is 4.28. The van der Waals surface area contributed by atoms with E-state index < -0.39 is 5.38 Å². The van der Waals surface area contributed by atoms with Crippen LogP contribution in [0.5, 0.6) is 5.75 Å². The number of halogens is 1. The number of hydrogen-bond donors (Lipinski definition) is 0. The van der Waals surface area contributed by atoms with Crippen molar-refractivity contribution in [3.63, 3.8) is 0 Å². The molecule has 0 spiro atoms. The van der Waals surface area contributed by atoms with Crippen molar-refractivity contribution in [2.75, 3.05) is 14.2 Å². The molecule has 3 nitrogen and oxygen atoms in total. The van der Waals surface area contributed by atoms with E-state index in [0.717, 1.165) is 22.6 Å². The molecule has 2 rings (SSSR count). The van der Waals surface area contributed by atoms with Crippen LogP contribution in [-0.4, -0.2) is 30.3 Å². The third kappa shape index (κ3) is 3.39. The number of hydrogen-bond acceptors (Lipinski definition) is 2. The van der Waals surface area contributed by atoms with Crippen molar-refractivity contribution in [1.29, 1.82) is 0 Å². The molecule has 19 heavy (non-hydrogen) atoms. The molecule has 1 atom stereocenters. The Morgan fingerprint density at radius 1 is 1.47 bits per heavy atom. The van der Waals surface area contributed by atoms with E-state index in [0.29, 0.717) is 6.42 Å². The Kier molecular flexibility index (Phi) is 6.03. The Morgan fingerprint density at radius 3 is 2.74 bits per heavy atom. The molecule has 0 N–H and O–H groups in total. The molecule has 0 aromatic heterocycles. The van der Waals surface area contributed by atoms with Gasteiger partial charge in [0.2, 0.25) is 5.91 Å². The fraction of sp³-hybridized carbons (Fsp3) is 0.357.